The zero-order valence-corrected chi connectivity index (χ0v) is 15.4. The van der Waals surface area contributed by atoms with Crippen LogP contribution in [0.3, 0.4) is 0 Å². The number of rotatable bonds is 9. The normalized spacial score (nSPS) is 14.4. The van der Waals surface area contributed by atoms with Gasteiger partial charge in [0.05, 0.1) is 4.47 Å². The quantitative estimate of drug-likeness (QED) is 0.596. The molecule has 1 aromatic carbocycles. The fourth-order valence-corrected chi connectivity index (χ4v) is 3.15. The van der Waals surface area contributed by atoms with E-state index < -0.39 is 0 Å². The summed E-state index contributed by atoms with van der Waals surface area (Å²) in [4.78, 5) is 0. The van der Waals surface area contributed by atoms with E-state index in [0.29, 0.717) is 10.5 Å². The molecule has 0 aliphatic heterocycles. The van der Waals surface area contributed by atoms with Gasteiger partial charge in [-0.25, -0.2) is 4.39 Å². The van der Waals surface area contributed by atoms with Gasteiger partial charge in [0.2, 0.25) is 0 Å². The molecule has 0 aliphatic carbocycles. The summed E-state index contributed by atoms with van der Waals surface area (Å²) in [5.41, 5.74) is 1.48. The second kappa shape index (κ2) is 8.89. The summed E-state index contributed by atoms with van der Waals surface area (Å²) in [5.74, 6) is -0.185. The second-order valence-corrected chi connectivity index (χ2v) is 7.27. The maximum Gasteiger partial charge on any atom is 0.137 e. The third kappa shape index (κ3) is 6.07. The van der Waals surface area contributed by atoms with Crippen molar-refractivity contribution in [2.75, 3.05) is 6.54 Å². The minimum atomic E-state index is -0.185. The Balaban J connectivity index is 2.89. The van der Waals surface area contributed by atoms with E-state index in [-0.39, 0.29) is 11.2 Å². The van der Waals surface area contributed by atoms with Crippen LogP contribution < -0.4 is 5.32 Å². The molecular weight excluding hydrogens is 329 g/mol. The van der Waals surface area contributed by atoms with Crippen LogP contribution in [0.1, 0.15) is 58.9 Å². The van der Waals surface area contributed by atoms with Crippen LogP contribution in [0.2, 0.25) is 0 Å². The molecule has 1 nitrogen and oxygen atoms in total. The first-order valence-electron chi connectivity index (χ1n) is 8.09. The zero-order chi connectivity index (χ0) is 15.9. The molecular formula is C18H29BrFN. The average molecular weight is 358 g/mol. The Labute approximate surface area is 137 Å². The average Bonchev–Trinajstić information content (AvgIpc) is 2.46. The lowest BCUT2D eigenvalue weighted by atomic mass is 9.75. The monoisotopic (exact) mass is 357 g/mol. The summed E-state index contributed by atoms with van der Waals surface area (Å²) < 4.78 is 14.0. The van der Waals surface area contributed by atoms with E-state index in [9.17, 15) is 4.39 Å². The van der Waals surface area contributed by atoms with Crippen molar-refractivity contribution in [1.29, 1.82) is 0 Å². The minimum absolute atomic E-state index is 0.185. The third-order valence-corrected chi connectivity index (χ3v) is 4.87. The predicted octanol–water partition coefficient (Wildman–Crippen LogP) is 5.72. The van der Waals surface area contributed by atoms with Gasteiger partial charge in [-0.05, 0) is 58.3 Å². The van der Waals surface area contributed by atoms with Crippen molar-refractivity contribution in [2.24, 2.45) is 5.41 Å². The molecule has 0 aliphatic rings. The van der Waals surface area contributed by atoms with Gasteiger partial charge in [0.15, 0.2) is 0 Å². The topological polar surface area (TPSA) is 12.0 Å². The molecule has 1 rings (SSSR count). The van der Waals surface area contributed by atoms with Crippen LogP contribution in [0.5, 0.6) is 0 Å². The van der Waals surface area contributed by atoms with Crippen LogP contribution in [0, 0.1) is 11.2 Å². The first-order valence-corrected chi connectivity index (χ1v) is 8.89. The van der Waals surface area contributed by atoms with Crippen molar-refractivity contribution >= 4 is 15.9 Å². The highest BCUT2D eigenvalue weighted by atomic mass is 79.9. The second-order valence-electron chi connectivity index (χ2n) is 6.42. The van der Waals surface area contributed by atoms with E-state index in [1.165, 1.54) is 24.8 Å². The first-order chi connectivity index (χ1) is 9.92. The van der Waals surface area contributed by atoms with Gasteiger partial charge in [0, 0.05) is 12.6 Å². The summed E-state index contributed by atoms with van der Waals surface area (Å²) in [6.07, 6.45) is 5.82. The highest BCUT2D eigenvalue weighted by Gasteiger charge is 2.28. The van der Waals surface area contributed by atoms with Crippen molar-refractivity contribution in [1.82, 2.24) is 5.32 Å². The Morgan fingerprint density at radius 1 is 1.29 bits per heavy atom. The Morgan fingerprint density at radius 3 is 2.52 bits per heavy atom. The van der Waals surface area contributed by atoms with Gasteiger partial charge < -0.3 is 5.32 Å². The number of unbranched alkanes of at least 4 members (excludes halogenated alkanes) is 1. The summed E-state index contributed by atoms with van der Waals surface area (Å²) in [7, 11) is 0. The number of hydrogen-bond acceptors (Lipinski definition) is 1. The van der Waals surface area contributed by atoms with Gasteiger partial charge in [-0.1, -0.05) is 46.6 Å². The number of nitrogens with one attached hydrogen (secondary N) is 1. The molecule has 0 radical (unpaired) electrons. The Kier molecular flexibility index (Phi) is 7.89. The number of hydrogen-bond donors (Lipinski definition) is 1. The van der Waals surface area contributed by atoms with E-state index >= 15 is 0 Å². The van der Waals surface area contributed by atoms with E-state index in [4.69, 9.17) is 0 Å². The molecule has 3 heteroatoms. The third-order valence-electron chi connectivity index (χ3n) is 4.26. The lowest BCUT2D eigenvalue weighted by Gasteiger charge is -2.34. The van der Waals surface area contributed by atoms with Crippen molar-refractivity contribution in [2.45, 2.75) is 65.8 Å². The van der Waals surface area contributed by atoms with Crippen LogP contribution in [-0.2, 0) is 6.42 Å². The molecule has 0 spiro atoms. The maximum atomic E-state index is 13.4. The largest absolute Gasteiger partial charge is 0.314 e. The van der Waals surface area contributed by atoms with Crippen molar-refractivity contribution in [3.05, 3.63) is 34.1 Å². The maximum absolute atomic E-state index is 13.4. The van der Waals surface area contributed by atoms with Crippen LogP contribution in [0.4, 0.5) is 4.39 Å². The van der Waals surface area contributed by atoms with Gasteiger partial charge in [0.1, 0.15) is 5.82 Å². The van der Waals surface area contributed by atoms with E-state index in [2.05, 4.69) is 48.9 Å². The van der Waals surface area contributed by atoms with Crippen molar-refractivity contribution in [3.63, 3.8) is 0 Å². The molecule has 1 N–H and O–H groups in total. The Morgan fingerprint density at radius 2 is 2.00 bits per heavy atom. The summed E-state index contributed by atoms with van der Waals surface area (Å²) in [6, 6.07) is 5.92. The van der Waals surface area contributed by atoms with Crippen LogP contribution in [-0.4, -0.2) is 12.6 Å². The first kappa shape index (κ1) is 18.6. The van der Waals surface area contributed by atoms with Crippen LogP contribution in [0.15, 0.2) is 22.7 Å². The standard InChI is InChI=1S/C18H29BrFN/c1-5-7-10-18(6-2,13-21-14(3)4)12-15-8-9-17(20)16(19)11-15/h8-9,11,14,21H,5-7,10,12-13H2,1-4H3. The highest BCUT2D eigenvalue weighted by molar-refractivity contribution is 9.10. The number of benzene rings is 1. The van der Waals surface area contributed by atoms with Gasteiger partial charge in [0.25, 0.3) is 0 Å². The molecule has 0 aromatic heterocycles. The van der Waals surface area contributed by atoms with Gasteiger partial charge in [-0.15, -0.1) is 0 Å². The predicted molar refractivity (Wildman–Crippen MR) is 93.2 cm³/mol. The molecule has 120 valence electrons. The van der Waals surface area contributed by atoms with Gasteiger partial charge >= 0.3 is 0 Å². The van der Waals surface area contributed by atoms with Crippen molar-refractivity contribution < 1.29 is 4.39 Å². The van der Waals surface area contributed by atoms with Crippen LogP contribution in [0.25, 0.3) is 0 Å². The molecule has 1 aromatic rings. The fourth-order valence-electron chi connectivity index (χ4n) is 2.72. The summed E-state index contributed by atoms with van der Waals surface area (Å²) in [5, 5.41) is 3.61. The van der Waals surface area contributed by atoms with Gasteiger partial charge in [-0.3, -0.25) is 0 Å². The summed E-state index contributed by atoms with van der Waals surface area (Å²) >= 11 is 3.30. The van der Waals surface area contributed by atoms with E-state index in [1.807, 2.05) is 12.1 Å². The molecule has 0 heterocycles. The molecule has 0 bridgehead atoms. The fraction of sp³-hybridized carbons (Fsp3) is 0.667. The molecule has 0 saturated carbocycles. The van der Waals surface area contributed by atoms with E-state index in [1.54, 1.807) is 6.07 Å². The molecule has 1 unspecified atom stereocenters. The highest BCUT2D eigenvalue weighted by Crippen LogP contribution is 2.33. The number of halogens is 2. The van der Waals surface area contributed by atoms with E-state index in [0.717, 1.165) is 19.4 Å². The summed E-state index contributed by atoms with van der Waals surface area (Å²) in [6.45, 7) is 9.92. The van der Waals surface area contributed by atoms with Crippen molar-refractivity contribution in [3.8, 4) is 0 Å². The lowest BCUT2D eigenvalue weighted by molar-refractivity contribution is 0.223. The van der Waals surface area contributed by atoms with Crippen LogP contribution >= 0.6 is 15.9 Å². The Bertz CT molecular complexity index is 433. The molecule has 0 saturated heterocycles. The Hall–Kier alpha value is -0.410. The molecule has 1 atom stereocenters. The molecule has 0 amide bonds. The minimum Gasteiger partial charge on any atom is -0.314 e. The molecule has 0 fully saturated rings. The smallest absolute Gasteiger partial charge is 0.137 e. The zero-order valence-electron chi connectivity index (χ0n) is 13.8. The van der Waals surface area contributed by atoms with Gasteiger partial charge in [-0.2, -0.15) is 0 Å². The lowest BCUT2D eigenvalue weighted by Crippen LogP contribution is -2.39. The molecule has 21 heavy (non-hydrogen) atoms. The SMILES string of the molecule is CCCCC(CC)(CNC(C)C)Cc1ccc(F)c(Br)c1.